The molecule has 0 radical (unpaired) electrons. The maximum atomic E-state index is 13.8. The molecule has 5 rings (SSSR count). The molecule has 39 heavy (non-hydrogen) atoms. The Labute approximate surface area is 229 Å². The molecule has 9 heteroatoms. The molecule has 3 aromatic carbocycles. The van der Waals surface area contributed by atoms with Crippen LogP contribution in [0.15, 0.2) is 71.6 Å². The number of carbonyl (C=O) groups is 1. The number of anilines is 1. The molecular formula is C30H34N2O6S. The summed E-state index contributed by atoms with van der Waals surface area (Å²) in [5.74, 6) is 1.28. The number of hydrogen-bond acceptors (Lipinski definition) is 6. The third kappa shape index (κ3) is 5.03. The maximum absolute atomic E-state index is 13.8. The molecule has 0 fully saturated rings. The van der Waals surface area contributed by atoms with Crippen LogP contribution in [0.25, 0.3) is 0 Å². The Morgan fingerprint density at radius 2 is 1.77 bits per heavy atom. The highest BCUT2D eigenvalue weighted by atomic mass is 32.2. The second kappa shape index (κ2) is 10.4. The van der Waals surface area contributed by atoms with Crippen molar-refractivity contribution >= 4 is 21.6 Å². The standard InChI is InChI=1S/C30H34N2O6S/c1-5-30(6-2)18-24(23-9-7-8-10-26(23)38-30)31-29(33)28-19-32(25-16-11-20(3)17-27(25)37-28)39(34,35)22-14-12-21(36-4)13-15-22/h7-17,24,28H,5-6,18-19H2,1-4H3,(H,31,33)/t24-,28-/m0/s1. The van der Waals surface area contributed by atoms with Crippen molar-refractivity contribution in [3.8, 4) is 17.2 Å². The van der Waals surface area contributed by atoms with Crippen molar-refractivity contribution in [1.82, 2.24) is 5.32 Å². The van der Waals surface area contributed by atoms with E-state index in [1.165, 1.54) is 23.5 Å². The van der Waals surface area contributed by atoms with Crippen molar-refractivity contribution in [2.75, 3.05) is 18.0 Å². The number of fused-ring (bicyclic) bond motifs is 2. The third-order valence-electron chi connectivity index (χ3n) is 7.73. The van der Waals surface area contributed by atoms with E-state index in [4.69, 9.17) is 14.2 Å². The summed E-state index contributed by atoms with van der Waals surface area (Å²) >= 11 is 0. The van der Waals surface area contributed by atoms with Gasteiger partial charge >= 0.3 is 0 Å². The van der Waals surface area contributed by atoms with Crippen LogP contribution in [-0.2, 0) is 14.8 Å². The second-order valence-electron chi connectivity index (χ2n) is 10.1. The summed E-state index contributed by atoms with van der Waals surface area (Å²) in [6.07, 6.45) is 1.16. The highest BCUT2D eigenvalue weighted by molar-refractivity contribution is 7.92. The molecule has 3 aromatic rings. The monoisotopic (exact) mass is 550 g/mol. The van der Waals surface area contributed by atoms with Gasteiger partial charge in [0.05, 0.1) is 30.3 Å². The first-order valence-electron chi connectivity index (χ1n) is 13.2. The quantitative estimate of drug-likeness (QED) is 0.437. The molecule has 0 saturated carbocycles. The first kappa shape index (κ1) is 26.9. The minimum Gasteiger partial charge on any atom is -0.497 e. The Hall–Kier alpha value is -3.72. The molecule has 8 nitrogen and oxygen atoms in total. The zero-order chi connectivity index (χ0) is 27.8. The zero-order valence-electron chi connectivity index (χ0n) is 22.6. The van der Waals surface area contributed by atoms with Crippen molar-refractivity contribution < 1.29 is 27.4 Å². The van der Waals surface area contributed by atoms with E-state index in [-0.39, 0.29) is 23.4 Å². The molecule has 1 amide bonds. The Balaban J connectivity index is 1.46. The van der Waals surface area contributed by atoms with E-state index in [1.54, 1.807) is 24.3 Å². The minimum absolute atomic E-state index is 0.102. The van der Waals surface area contributed by atoms with Gasteiger partial charge in [-0.05, 0) is 67.8 Å². The van der Waals surface area contributed by atoms with Gasteiger partial charge in [-0.3, -0.25) is 9.10 Å². The summed E-state index contributed by atoms with van der Waals surface area (Å²) < 4.78 is 46.6. The summed E-state index contributed by atoms with van der Waals surface area (Å²) in [4.78, 5) is 13.8. The van der Waals surface area contributed by atoms with Gasteiger partial charge in [0.15, 0.2) is 6.10 Å². The van der Waals surface area contributed by atoms with E-state index in [0.717, 1.165) is 29.7 Å². The number of methoxy groups -OCH3 is 1. The third-order valence-corrected chi connectivity index (χ3v) is 9.52. The molecular weight excluding hydrogens is 516 g/mol. The molecule has 2 heterocycles. The minimum atomic E-state index is -3.99. The zero-order valence-corrected chi connectivity index (χ0v) is 23.5. The van der Waals surface area contributed by atoms with Crippen LogP contribution in [0.3, 0.4) is 0 Å². The molecule has 0 aromatic heterocycles. The number of hydrogen-bond donors (Lipinski definition) is 1. The van der Waals surface area contributed by atoms with Gasteiger partial charge in [0.1, 0.15) is 22.8 Å². The number of amides is 1. The molecule has 0 aliphatic carbocycles. The fraction of sp³-hybridized carbons (Fsp3) is 0.367. The van der Waals surface area contributed by atoms with Crippen LogP contribution < -0.4 is 23.8 Å². The average molecular weight is 551 g/mol. The summed E-state index contributed by atoms with van der Waals surface area (Å²) in [5, 5.41) is 3.16. The van der Waals surface area contributed by atoms with E-state index in [2.05, 4.69) is 19.2 Å². The number of nitrogens with one attached hydrogen (secondary N) is 1. The molecule has 2 atom stereocenters. The lowest BCUT2D eigenvalue weighted by molar-refractivity contribution is -0.129. The van der Waals surface area contributed by atoms with Gasteiger partial charge < -0.3 is 19.5 Å². The Morgan fingerprint density at radius 1 is 1.05 bits per heavy atom. The number of nitrogens with zero attached hydrogens (tertiary/aromatic N) is 1. The second-order valence-corrected chi connectivity index (χ2v) is 11.9. The predicted octanol–water partition coefficient (Wildman–Crippen LogP) is 5.16. The van der Waals surface area contributed by atoms with Crippen LogP contribution in [0.2, 0.25) is 0 Å². The van der Waals surface area contributed by atoms with E-state index in [0.29, 0.717) is 23.6 Å². The summed E-state index contributed by atoms with van der Waals surface area (Å²) in [5.41, 5.74) is 1.80. The maximum Gasteiger partial charge on any atom is 0.264 e. The van der Waals surface area contributed by atoms with Crippen LogP contribution in [0.1, 0.15) is 50.3 Å². The first-order valence-corrected chi connectivity index (χ1v) is 14.7. The number of rotatable bonds is 7. The van der Waals surface area contributed by atoms with Gasteiger partial charge in [-0.1, -0.05) is 38.1 Å². The largest absolute Gasteiger partial charge is 0.497 e. The number of ether oxygens (including phenoxy) is 3. The molecule has 1 N–H and O–H groups in total. The van der Waals surface area contributed by atoms with Gasteiger partial charge in [0.2, 0.25) is 0 Å². The van der Waals surface area contributed by atoms with Crippen molar-refractivity contribution in [3.05, 3.63) is 77.9 Å². The van der Waals surface area contributed by atoms with Crippen molar-refractivity contribution in [2.24, 2.45) is 0 Å². The fourth-order valence-corrected chi connectivity index (χ4v) is 6.77. The number of aryl methyl sites for hydroxylation is 1. The summed E-state index contributed by atoms with van der Waals surface area (Å²) in [6.45, 7) is 5.90. The van der Waals surface area contributed by atoms with Gasteiger partial charge in [0.25, 0.3) is 15.9 Å². The van der Waals surface area contributed by atoms with E-state index < -0.39 is 21.7 Å². The molecule has 206 valence electrons. The Kier molecular flexibility index (Phi) is 7.20. The summed E-state index contributed by atoms with van der Waals surface area (Å²) in [6, 6.07) is 18.9. The SMILES string of the molecule is CCC1(CC)C[C@H](NC(=O)[C@@H]2CN(S(=O)(=O)c3ccc(OC)cc3)c3ccc(C)cc3O2)c2ccccc2O1. The molecule has 0 spiro atoms. The fourth-order valence-electron chi connectivity index (χ4n) is 5.29. The van der Waals surface area contributed by atoms with Gasteiger partial charge in [-0.2, -0.15) is 0 Å². The highest BCUT2D eigenvalue weighted by Crippen LogP contribution is 2.43. The molecule has 2 aliphatic rings. The van der Waals surface area contributed by atoms with E-state index >= 15 is 0 Å². The molecule has 2 aliphatic heterocycles. The van der Waals surface area contributed by atoms with Crippen LogP contribution in [0.5, 0.6) is 17.2 Å². The number of benzene rings is 3. The summed E-state index contributed by atoms with van der Waals surface area (Å²) in [7, 11) is -2.47. The van der Waals surface area contributed by atoms with E-state index in [9.17, 15) is 13.2 Å². The molecule has 0 saturated heterocycles. The Morgan fingerprint density at radius 3 is 2.46 bits per heavy atom. The lowest BCUT2D eigenvalue weighted by Gasteiger charge is -2.42. The van der Waals surface area contributed by atoms with Crippen LogP contribution in [0, 0.1) is 6.92 Å². The predicted molar refractivity (Wildman–Crippen MR) is 149 cm³/mol. The Bertz CT molecular complexity index is 1470. The van der Waals surface area contributed by atoms with Crippen LogP contribution in [-0.4, -0.2) is 39.7 Å². The molecule has 0 unspecified atom stereocenters. The average Bonchev–Trinajstić information content (AvgIpc) is 2.96. The molecule has 0 bridgehead atoms. The first-order chi connectivity index (χ1) is 18.7. The van der Waals surface area contributed by atoms with Gasteiger partial charge in [-0.15, -0.1) is 0 Å². The van der Waals surface area contributed by atoms with Crippen molar-refractivity contribution in [2.45, 2.75) is 62.7 Å². The van der Waals surface area contributed by atoms with E-state index in [1.807, 2.05) is 37.3 Å². The lowest BCUT2D eigenvalue weighted by atomic mass is 9.83. The highest BCUT2D eigenvalue weighted by Gasteiger charge is 2.42. The normalized spacial score (nSPS) is 19.6. The van der Waals surface area contributed by atoms with Gasteiger partial charge in [0, 0.05) is 12.0 Å². The van der Waals surface area contributed by atoms with Gasteiger partial charge in [-0.25, -0.2) is 8.42 Å². The van der Waals surface area contributed by atoms with Crippen molar-refractivity contribution in [3.63, 3.8) is 0 Å². The van der Waals surface area contributed by atoms with Crippen LogP contribution in [0.4, 0.5) is 5.69 Å². The lowest BCUT2D eigenvalue weighted by Crippen LogP contribution is -2.52. The topological polar surface area (TPSA) is 94.2 Å². The number of sulfonamides is 1. The number of para-hydroxylation sites is 1. The van der Waals surface area contributed by atoms with Crippen molar-refractivity contribution in [1.29, 1.82) is 0 Å². The smallest absolute Gasteiger partial charge is 0.264 e. The number of carbonyl (C=O) groups excluding carboxylic acids is 1. The van der Waals surface area contributed by atoms with Crippen LogP contribution >= 0.6 is 0 Å².